The normalized spacial score (nSPS) is 24.2. The van der Waals surface area contributed by atoms with Crippen LogP contribution in [0, 0.1) is 0 Å². The average Bonchev–Trinajstić information content (AvgIpc) is 2.92. The SMILES string of the molecule is N[C@H]1CC[C@@H](c2nnc3ccc(C(F)(F)F)cn23)C1. The lowest BCUT2D eigenvalue weighted by Gasteiger charge is -2.10. The third-order valence-electron chi connectivity index (χ3n) is 3.59. The number of hydrogen-bond donors (Lipinski definition) is 1. The first-order chi connectivity index (χ1) is 8.95. The molecule has 3 rings (SSSR count). The molecule has 0 unspecified atom stereocenters. The first kappa shape index (κ1) is 12.4. The van der Waals surface area contributed by atoms with Crippen LogP contribution in [0.25, 0.3) is 5.65 Å². The van der Waals surface area contributed by atoms with Crippen LogP contribution in [0.4, 0.5) is 13.2 Å². The summed E-state index contributed by atoms with van der Waals surface area (Å²) in [7, 11) is 0. The van der Waals surface area contributed by atoms with Crippen LogP contribution in [-0.2, 0) is 6.18 Å². The monoisotopic (exact) mass is 270 g/mol. The Balaban J connectivity index is 2.06. The minimum atomic E-state index is -4.36. The van der Waals surface area contributed by atoms with Gasteiger partial charge in [0, 0.05) is 18.2 Å². The molecule has 0 aliphatic heterocycles. The van der Waals surface area contributed by atoms with E-state index in [-0.39, 0.29) is 12.0 Å². The lowest BCUT2D eigenvalue weighted by molar-refractivity contribution is -0.137. The van der Waals surface area contributed by atoms with Crippen LogP contribution in [0.1, 0.15) is 36.6 Å². The number of aromatic nitrogens is 3. The fourth-order valence-corrected chi connectivity index (χ4v) is 2.61. The van der Waals surface area contributed by atoms with E-state index in [2.05, 4.69) is 10.2 Å². The second kappa shape index (κ2) is 4.19. The number of alkyl halides is 3. The van der Waals surface area contributed by atoms with E-state index in [1.165, 1.54) is 10.5 Å². The highest BCUT2D eigenvalue weighted by atomic mass is 19.4. The van der Waals surface area contributed by atoms with Gasteiger partial charge >= 0.3 is 6.18 Å². The van der Waals surface area contributed by atoms with Gasteiger partial charge in [0.2, 0.25) is 0 Å². The van der Waals surface area contributed by atoms with Gasteiger partial charge in [-0.15, -0.1) is 10.2 Å². The van der Waals surface area contributed by atoms with Crippen molar-refractivity contribution < 1.29 is 13.2 Å². The molecule has 2 atom stereocenters. The largest absolute Gasteiger partial charge is 0.417 e. The van der Waals surface area contributed by atoms with Crippen LogP contribution in [0.5, 0.6) is 0 Å². The summed E-state index contributed by atoms with van der Waals surface area (Å²) in [5.74, 6) is 0.669. The fourth-order valence-electron chi connectivity index (χ4n) is 2.61. The zero-order chi connectivity index (χ0) is 13.6. The number of halogens is 3. The Morgan fingerprint density at radius 3 is 2.63 bits per heavy atom. The van der Waals surface area contributed by atoms with E-state index in [1.807, 2.05) is 0 Å². The molecule has 1 saturated carbocycles. The van der Waals surface area contributed by atoms with Crippen molar-refractivity contribution >= 4 is 5.65 Å². The quantitative estimate of drug-likeness (QED) is 0.865. The summed E-state index contributed by atoms with van der Waals surface area (Å²) in [5.41, 5.74) is 5.58. The summed E-state index contributed by atoms with van der Waals surface area (Å²) >= 11 is 0. The second-order valence-corrected chi connectivity index (χ2v) is 4.97. The van der Waals surface area contributed by atoms with Gasteiger partial charge in [-0.1, -0.05) is 0 Å². The van der Waals surface area contributed by atoms with E-state index in [0.29, 0.717) is 11.5 Å². The molecule has 19 heavy (non-hydrogen) atoms. The molecular formula is C12H13F3N4. The predicted molar refractivity (Wildman–Crippen MR) is 62.6 cm³/mol. The van der Waals surface area contributed by atoms with Gasteiger partial charge in [-0.3, -0.25) is 4.40 Å². The first-order valence-corrected chi connectivity index (χ1v) is 6.12. The van der Waals surface area contributed by atoms with Crippen LogP contribution in [0.3, 0.4) is 0 Å². The number of nitrogens with zero attached hydrogens (tertiary/aromatic N) is 3. The number of pyridine rings is 1. The molecule has 1 aliphatic rings. The van der Waals surface area contributed by atoms with Crippen molar-refractivity contribution in [1.82, 2.24) is 14.6 Å². The zero-order valence-electron chi connectivity index (χ0n) is 10.1. The van der Waals surface area contributed by atoms with Crippen LogP contribution < -0.4 is 5.73 Å². The van der Waals surface area contributed by atoms with Crippen molar-refractivity contribution in [1.29, 1.82) is 0 Å². The summed E-state index contributed by atoms with van der Waals surface area (Å²) < 4.78 is 39.6. The predicted octanol–water partition coefficient (Wildman–Crippen LogP) is 2.34. The van der Waals surface area contributed by atoms with Gasteiger partial charge in [-0.25, -0.2) is 0 Å². The molecule has 2 heterocycles. The van der Waals surface area contributed by atoms with Crippen LogP contribution in [0.2, 0.25) is 0 Å². The molecule has 0 spiro atoms. The standard InChI is InChI=1S/C12H13F3N4/c13-12(14,15)8-2-4-10-17-18-11(19(10)6-8)7-1-3-9(16)5-7/h2,4,6-7,9H,1,3,5,16H2/t7-,9+/m1/s1. The molecule has 2 N–H and O–H groups in total. The summed E-state index contributed by atoms with van der Waals surface area (Å²) in [6, 6.07) is 2.46. The lowest BCUT2D eigenvalue weighted by Crippen LogP contribution is -2.15. The summed E-state index contributed by atoms with van der Waals surface area (Å²) in [6.45, 7) is 0. The highest BCUT2D eigenvalue weighted by Gasteiger charge is 2.32. The second-order valence-electron chi connectivity index (χ2n) is 4.97. The average molecular weight is 270 g/mol. The number of rotatable bonds is 1. The van der Waals surface area contributed by atoms with Gasteiger partial charge in [0.15, 0.2) is 5.65 Å². The third kappa shape index (κ3) is 2.18. The third-order valence-corrected chi connectivity index (χ3v) is 3.59. The Morgan fingerprint density at radius 2 is 2.00 bits per heavy atom. The van der Waals surface area contributed by atoms with Crippen molar-refractivity contribution in [2.45, 2.75) is 37.4 Å². The Morgan fingerprint density at radius 1 is 1.21 bits per heavy atom. The Bertz CT molecular complexity index is 605. The van der Waals surface area contributed by atoms with Gasteiger partial charge < -0.3 is 5.73 Å². The Hall–Kier alpha value is -1.63. The number of nitrogens with two attached hydrogens (primary N) is 1. The van der Waals surface area contributed by atoms with Gasteiger partial charge in [0.05, 0.1) is 5.56 Å². The van der Waals surface area contributed by atoms with E-state index < -0.39 is 11.7 Å². The lowest BCUT2D eigenvalue weighted by atomic mass is 10.1. The highest BCUT2D eigenvalue weighted by Crippen LogP contribution is 2.34. The van der Waals surface area contributed by atoms with Crippen molar-refractivity contribution in [2.75, 3.05) is 0 Å². The Kier molecular flexibility index (Phi) is 2.74. The van der Waals surface area contributed by atoms with Crippen LogP contribution >= 0.6 is 0 Å². The molecule has 4 nitrogen and oxygen atoms in total. The molecule has 0 saturated heterocycles. The summed E-state index contributed by atoms with van der Waals surface area (Å²) in [4.78, 5) is 0. The molecule has 0 bridgehead atoms. The maximum absolute atomic E-state index is 12.7. The number of hydrogen-bond acceptors (Lipinski definition) is 3. The molecule has 102 valence electrons. The fraction of sp³-hybridized carbons (Fsp3) is 0.500. The minimum Gasteiger partial charge on any atom is -0.328 e. The van der Waals surface area contributed by atoms with Crippen LogP contribution in [0.15, 0.2) is 18.3 Å². The van der Waals surface area contributed by atoms with Gasteiger partial charge in [0.1, 0.15) is 5.82 Å². The van der Waals surface area contributed by atoms with E-state index in [1.54, 1.807) is 0 Å². The van der Waals surface area contributed by atoms with Crippen LogP contribution in [-0.4, -0.2) is 20.6 Å². The van der Waals surface area contributed by atoms with Gasteiger partial charge in [-0.2, -0.15) is 13.2 Å². The van der Waals surface area contributed by atoms with E-state index >= 15 is 0 Å². The molecule has 2 aromatic heterocycles. The molecule has 0 aromatic carbocycles. The molecule has 0 amide bonds. The molecular weight excluding hydrogens is 257 g/mol. The van der Waals surface area contributed by atoms with Crippen molar-refractivity contribution in [3.63, 3.8) is 0 Å². The maximum Gasteiger partial charge on any atom is 0.417 e. The molecule has 7 heteroatoms. The van der Waals surface area contributed by atoms with Gasteiger partial charge in [-0.05, 0) is 31.4 Å². The highest BCUT2D eigenvalue weighted by molar-refractivity contribution is 5.40. The molecule has 2 aromatic rings. The number of fused-ring (bicyclic) bond motifs is 1. The van der Waals surface area contributed by atoms with Gasteiger partial charge in [0.25, 0.3) is 0 Å². The maximum atomic E-state index is 12.7. The molecule has 1 fully saturated rings. The first-order valence-electron chi connectivity index (χ1n) is 6.12. The zero-order valence-corrected chi connectivity index (χ0v) is 10.1. The Labute approximate surface area is 107 Å². The van der Waals surface area contributed by atoms with E-state index in [9.17, 15) is 13.2 Å². The summed E-state index contributed by atoms with van der Waals surface area (Å²) in [6.07, 6.45) is -0.829. The minimum absolute atomic E-state index is 0.0912. The van der Waals surface area contributed by atoms with E-state index in [4.69, 9.17) is 5.73 Å². The van der Waals surface area contributed by atoms with E-state index in [0.717, 1.165) is 31.5 Å². The van der Waals surface area contributed by atoms with Crippen molar-refractivity contribution in [3.05, 3.63) is 29.7 Å². The van der Waals surface area contributed by atoms with Crippen molar-refractivity contribution in [3.8, 4) is 0 Å². The molecule has 1 aliphatic carbocycles. The summed E-state index contributed by atoms with van der Waals surface area (Å²) in [5, 5.41) is 7.94. The molecule has 0 radical (unpaired) electrons. The van der Waals surface area contributed by atoms with Crippen molar-refractivity contribution in [2.24, 2.45) is 5.73 Å². The smallest absolute Gasteiger partial charge is 0.328 e. The topological polar surface area (TPSA) is 56.2 Å².